The summed E-state index contributed by atoms with van der Waals surface area (Å²) < 4.78 is 2.90. The Morgan fingerprint density at radius 2 is 2.20 bits per heavy atom. The number of hydrogen-bond acceptors (Lipinski definition) is 4. The van der Waals surface area contributed by atoms with Gasteiger partial charge in [-0.05, 0) is 40.9 Å². The maximum Gasteiger partial charge on any atom is 0.254 e. The van der Waals surface area contributed by atoms with Crippen LogP contribution in [0.4, 0.5) is 5.82 Å². The van der Waals surface area contributed by atoms with Crippen LogP contribution in [0.15, 0.2) is 27.5 Å². The van der Waals surface area contributed by atoms with Gasteiger partial charge in [-0.15, -0.1) is 11.3 Å². The summed E-state index contributed by atoms with van der Waals surface area (Å²) in [5.41, 5.74) is 6.41. The minimum atomic E-state index is 0.116. The number of nitrogens with zero attached hydrogens (tertiary/aromatic N) is 3. The summed E-state index contributed by atoms with van der Waals surface area (Å²) in [4.78, 5) is 14.2. The van der Waals surface area contributed by atoms with Gasteiger partial charge in [0.1, 0.15) is 5.82 Å². The highest BCUT2D eigenvalue weighted by Gasteiger charge is 2.25. The average molecular weight is 355 g/mol. The van der Waals surface area contributed by atoms with Crippen molar-refractivity contribution in [2.75, 3.05) is 18.8 Å². The van der Waals surface area contributed by atoms with Gasteiger partial charge in [0, 0.05) is 24.7 Å². The van der Waals surface area contributed by atoms with Crippen LogP contribution >= 0.6 is 27.3 Å². The molecule has 2 aromatic heterocycles. The average Bonchev–Trinajstić information content (AvgIpc) is 3.07. The highest BCUT2D eigenvalue weighted by atomic mass is 79.9. The van der Waals surface area contributed by atoms with Crippen LogP contribution < -0.4 is 5.73 Å². The number of carbonyl (C=O) groups is 1. The second-order valence-electron chi connectivity index (χ2n) is 4.88. The molecule has 0 atom stereocenters. The van der Waals surface area contributed by atoms with Gasteiger partial charge >= 0.3 is 0 Å². The SMILES string of the molecule is Nc1ccn(C2CCN(C(=O)c3csc(Br)c3)CC2)n1. The van der Waals surface area contributed by atoms with E-state index in [0.717, 1.165) is 35.3 Å². The van der Waals surface area contributed by atoms with E-state index in [2.05, 4.69) is 21.0 Å². The normalized spacial score (nSPS) is 16.6. The first-order valence-electron chi connectivity index (χ1n) is 6.47. The minimum absolute atomic E-state index is 0.116. The lowest BCUT2D eigenvalue weighted by atomic mass is 10.0. The molecule has 7 heteroatoms. The Bertz CT molecular complexity index is 615. The smallest absolute Gasteiger partial charge is 0.254 e. The third-order valence-corrected chi connectivity index (χ3v) is 5.07. The fraction of sp³-hybridized carbons (Fsp3) is 0.385. The molecule has 2 N–H and O–H groups in total. The number of thiophene rings is 1. The standard InChI is InChI=1S/C13H15BrN4OS/c14-11-7-9(8-20-11)13(19)17-4-1-10(2-5-17)18-6-3-12(15)16-18/h3,6-8,10H,1-2,4-5H2,(H2,15,16). The lowest BCUT2D eigenvalue weighted by Gasteiger charge is -2.31. The first-order chi connectivity index (χ1) is 9.63. The Morgan fingerprint density at radius 3 is 2.75 bits per heavy atom. The largest absolute Gasteiger partial charge is 0.382 e. The molecular weight excluding hydrogens is 340 g/mol. The molecule has 1 amide bonds. The molecule has 20 heavy (non-hydrogen) atoms. The number of aromatic nitrogens is 2. The van der Waals surface area contributed by atoms with Crippen molar-refractivity contribution in [2.24, 2.45) is 0 Å². The van der Waals surface area contributed by atoms with Crippen LogP contribution in [0, 0.1) is 0 Å². The Morgan fingerprint density at radius 1 is 1.45 bits per heavy atom. The molecule has 0 aliphatic carbocycles. The number of halogens is 1. The Kier molecular flexibility index (Phi) is 3.80. The molecule has 0 radical (unpaired) electrons. The van der Waals surface area contributed by atoms with Crippen molar-refractivity contribution in [1.29, 1.82) is 0 Å². The summed E-state index contributed by atoms with van der Waals surface area (Å²) in [6.07, 6.45) is 3.74. The van der Waals surface area contributed by atoms with E-state index in [0.29, 0.717) is 11.9 Å². The van der Waals surface area contributed by atoms with Crippen molar-refractivity contribution in [1.82, 2.24) is 14.7 Å². The number of hydrogen-bond donors (Lipinski definition) is 1. The van der Waals surface area contributed by atoms with Gasteiger partial charge in [0.05, 0.1) is 15.4 Å². The quantitative estimate of drug-likeness (QED) is 0.901. The first kappa shape index (κ1) is 13.6. The number of likely N-dealkylation sites (tertiary alicyclic amines) is 1. The van der Waals surface area contributed by atoms with Crippen LogP contribution in [0.3, 0.4) is 0 Å². The molecule has 0 saturated carbocycles. The molecule has 0 unspecified atom stereocenters. The number of piperidine rings is 1. The van der Waals surface area contributed by atoms with Crippen molar-refractivity contribution in [3.8, 4) is 0 Å². The van der Waals surface area contributed by atoms with Gasteiger partial charge in [-0.25, -0.2) is 0 Å². The van der Waals surface area contributed by atoms with Crippen LogP contribution in [-0.2, 0) is 0 Å². The van der Waals surface area contributed by atoms with Gasteiger partial charge < -0.3 is 10.6 Å². The van der Waals surface area contributed by atoms with Gasteiger partial charge in [-0.2, -0.15) is 5.10 Å². The number of anilines is 1. The van der Waals surface area contributed by atoms with Crippen LogP contribution in [-0.4, -0.2) is 33.7 Å². The van der Waals surface area contributed by atoms with E-state index >= 15 is 0 Å². The number of rotatable bonds is 2. The van der Waals surface area contributed by atoms with E-state index in [1.807, 2.05) is 27.2 Å². The molecule has 0 bridgehead atoms. The zero-order valence-electron chi connectivity index (χ0n) is 10.8. The maximum atomic E-state index is 12.3. The predicted molar refractivity (Wildman–Crippen MR) is 82.8 cm³/mol. The van der Waals surface area contributed by atoms with E-state index in [4.69, 9.17) is 5.73 Å². The van der Waals surface area contributed by atoms with Gasteiger partial charge in [0.2, 0.25) is 0 Å². The molecule has 106 valence electrons. The van der Waals surface area contributed by atoms with E-state index in [1.54, 1.807) is 6.07 Å². The fourth-order valence-electron chi connectivity index (χ4n) is 2.49. The number of nitrogen functional groups attached to an aromatic ring is 1. The molecule has 1 saturated heterocycles. The van der Waals surface area contributed by atoms with E-state index in [-0.39, 0.29) is 5.91 Å². The molecule has 3 heterocycles. The summed E-state index contributed by atoms with van der Waals surface area (Å²) in [5, 5.41) is 6.15. The van der Waals surface area contributed by atoms with E-state index in [1.165, 1.54) is 11.3 Å². The molecule has 2 aromatic rings. The molecule has 0 spiro atoms. The summed E-state index contributed by atoms with van der Waals surface area (Å²) in [7, 11) is 0. The second kappa shape index (κ2) is 5.57. The Hall–Kier alpha value is -1.34. The molecule has 5 nitrogen and oxygen atoms in total. The number of carbonyl (C=O) groups excluding carboxylic acids is 1. The van der Waals surface area contributed by atoms with Crippen molar-refractivity contribution in [3.05, 3.63) is 33.1 Å². The third kappa shape index (κ3) is 2.73. The number of nitrogens with two attached hydrogens (primary N) is 1. The molecular formula is C13H15BrN4OS. The Labute approximate surface area is 129 Å². The summed E-state index contributed by atoms with van der Waals surface area (Å²) in [6, 6.07) is 4.03. The molecule has 1 fully saturated rings. The molecule has 3 rings (SSSR count). The van der Waals surface area contributed by atoms with Crippen LogP contribution in [0.1, 0.15) is 29.2 Å². The first-order valence-corrected chi connectivity index (χ1v) is 8.14. The van der Waals surface area contributed by atoms with Crippen LogP contribution in [0.5, 0.6) is 0 Å². The van der Waals surface area contributed by atoms with Crippen molar-refractivity contribution in [3.63, 3.8) is 0 Å². The summed E-state index contributed by atoms with van der Waals surface area (Å²) >= 11 is 4.93. The second-order valence-corrected chi connectivity index (χ2v) is 7.17. The van der Waals surface area contributed by atoms with Crippen molar-refractivity contribution >= 4 is 39.0 Å². The minimum Gasteiger partial charge on any atom is -0.382 e. The lowest BCUT2D eigenvalue weighted by molar-refractivity contribution is 0.0690. The maximum absolute atomic E-state index is 12.3. The third-order valence-electron chi connectivity index (χ3n) is 3.57. The van der Waals surface area contributed by atoms with Crippen molar-refractivity contribution in [2.45, 2.75) is 18.9 Å². The summed E-state index contributed by atoms with van der Waals surface area (Å²) in [5.74, 6) is 0.664. The zero-order chi connectivity index (χ0) is 14.1. The monoisotopic (exact) mass is 354 g/mol. The predicted octanol–water partition coefficient (Wildman–Crippen LogP) is 2.77. The van der Waals surface area contributed by atoms with Gasteiger partial charge in [-0.3, -0.25) is 9.48 Å². The highest BCUT2D eigenvalue weighted by Crippen LogP contribution is 2.26. The molecule has 1 aliphatic heterocycles. The summed E-state index contributed by atoms with van der Waals surface area (Å²) in [6.45, 7) is 1.52. The highest BCUT2D eigenvalue weighted by molar-refractivity contribution is 9.11. The molecule has 1 aliphatic rings. The van der Waals surface area contributed by atoms with E-state index in [9.17, 15) is 4.79 Å². The topological polar surface area (TPSA) is 64.2 Å². The van der Waals surface area contributed by atoms with Gasteiger partial charge in [0.25, 0.3) is 5.91 Å². The fourth-order valence-corrected chi connectivity index (χ4v) is 3.62. The van der Waals surface area contributed by atoms with Crippen LogP contribution in [0.2, 0.25) is 0 Å². The van der Waals surface area contributed by atoms with E-state index < -0.39 is 0 Å². The lowest BCUT2D eigenvalue weighted by Crippen LogP contribution is -2.39. The molecule has 0 aromatic carbocycles. The van der Waals surface area contributed by atoms with Crippen molar-refractivity contribution < 1.29 is 4.79 Å². The Balaban J connectivity index is 1.62. The van der Waals surface area contributed by atoms with Gasteiger partial charge in [-0.1, -0.05) is 0 Å². The van der Waals surface area contributed by atoms with Crippen LogP contribution in [0.25, 0.3) is 0 Å². The zero-order valence-corrected chi connectivity index (χ0v) is 13.2. The van der Waals surface area contributed by atoms with Gasteiger partial charge in [0.15, 0.2) is 0 Å². The number of amides is 1.